The van der Waals surface area contributed by atoms with Crippen LogP contribution in [0.4, 0.5) is 10.2 Å². The van der Waals surface area contributed by atoms with E-state index in [-0.39, 0.29) is 5.02 Å². The van der Waals surface area contributed by atoms with Crippen molar-refractivity contribution >= 4 is 28.2 Å². The van der Waals surface area contributed by atoms with Gasteiger partial charge in [0.2, 0.25) is 0 Å². The van der Waals surface area contributed by atoms with E-state index in [4.69, 9.17) is 17.3 Å². The number of hydrogen-bond acceptors (Lipinski definition) is 2. The van der Waals surface area contributed by atoms with Crippen molar-refractivity contribution in [2.75, 3.05) is 5.73 Å². The average Bonchev–Trinajstić information content (AvgIpc) is 2.12. The van der Waals surface area contributed by atoms with Crippen LogP contribution >= 0.6 is 11.6 Å². The normalized spacial score (nSPS) is 10.6. The van der Waals surface area contributed by atoms with Crippen LogP contribution in [0.15, 0.2) is 24.4 Å². The van der Waals surface area contributed by atoms with E-state index in [1.54, 1.807) is 12.1 Å². The van der Waals surface area contributed by atoms with Gasteiger partial charge >= 0.3 is 0 Å². The first-order valence-corrected chi connectivity index (χ1v) is 4.05. The number of nitrogens with zero attached hydrogens (tertiary/aromatic N) is 1. The summed E-state index contributed by atoms with van der Waals surface area (Å²) in [6.07, 6.45) is 1.47. The Hall–Kier alpha value is -1.35. The van der Waals surface area contributed by atoms with E-state index in [2.05, 4.69) is 4.98 Å². The molecular weight excluding hydrogens is 191 g/mol. The number of rotatable bonds is 0. The molecule has 1 aromatic carbocycles. The van der Waals surface area contributed by atoms with Gasteiger partial charge in [-0.3, -0.25) is 0 Å². The highest BCUT2D eigenvalue weighted by molar-refractivity contribution is 6.35. The third-order valence-corrected chi connectivity index (χ3v) is 2.20. The number of anilines is 1. The largest absolute Gasteiger partial charge is 0.384 e. The summed E-state index contributed by atoms with van der Waals surface area (Å²) in [7, 11) is 0. The fourth-order valence-electron chi connectivity index (χ4n) is 1.17. The van der Waals surface area contributed by atoms with Crippen molar-refractivity contribution < 1.29 is 4.39 Å². The molecule has 13 heavy (non-hydrogen) atoms. The topological polar surface area (TPSA) is 38.9 Å². The molecule has 0 radical (unpaired) electrons. The zero-order valence-electron chi connectivity index (χ0n) is 6.59. The molecule has 0 amide bonds. The second-order valence-electron chi connectivity index (χ2n) is 2.69. The first kappa shape index (κ1) is 8.26. The van der Waals surface area contributed by atoms with Crippen LogP contribution in [0.5, 0.6) is 0 Å². The van der Waals surface area contributed by atoms with Gasteiger partial charge in [0.15, 0.2) is 0 Å². The van der Waals surface area contributed by atoms with Crippen LogP contribution in [0.3, 0.4) is 0 Å². The summed E-state index contributed by atoms with van der Waals surface area (Å²) >= 11 is 5.72. The Bertz CT molecular complexity index is 470. The number of aromatic nitrogens is 1. The van der Waals surface area contributed by atoms with Gasteiger partial charge in [-0.1, -0.05) is 17.7 Å². The van der Waals surface area contributed by atoms with Gasteiger partial charge in [-0.15, -0.1) is 0 Å². The van der Waals surface area contributed by atoms with Gasteiger partial charge in [0.05, 0.1) is 5.02 Å². The molecule has 0 fully saturated rings. The lowest BCUT2D eigenvalue weighted by Gasteiger charge is -2.01. The summed E-state index contributed by atoms with van der Waals surface area (Å²) in [6.45, 7) is 0. The van der Waals surface area contributed by atoms with Crippen LogP contribution in [0.25, 0.3) is 10.8 Å². The molecule has 0 spiro atoms. The maximum atomic E-state index is 13.0. The molecule has 0 aliphatic rings. The molecule has 0 atom stereocenters. The Morgan fingerprint density at radius 1 is 1.38 bits per heavy atom. The number of fused-ring (bicyclic) bond motifs is 1. The quantitative estimate of drug-likeness (QED) is 0.704. The van der Waals surface area contributed by atoms with Gasteiger partial charge < -0.3 is 5.73 Å². The van der Waals surface area contributed by atoms with Crippen LogP contribution < -0.4 is 5.73 Å². The molecule has 0 aliphatic heterocycles. The molecule has 0 unspecified atom stereocenters. The molecule has 2 nitrogen and oxygen atoms in total. The zero-order valence-corrected chi connectivity index (χ0v) is 7.35. The molecule has 1 heterocycles. The molecule has 0 bridgehead atoms. The van der Waals surface area contributed by atoms with Gasteiger partial charge in [0, 0.05) is 11.6 Å². The van der Waals surface area contributed by atoms with Crippen molar-refractivity contribution in [3.8, 4) is 0 Å². The molecule has 1 aromatic heterocycles. The molecule has 2 N–H and O–H groups in total. The maximum Gasteiger partial charge on any atom is 0.142 e. The van der Waals surface area contributed by atoms with E-state index < -0.39 is 5.82 Å². The lowest BCUT2D eigenvalue weighted by Crippen LogP contribution is -1.89. The summed E-state index contributed by atoms with van der Waals surface area (Å²) < 4.78 is 13.0. The maximum absolute atomic E-state index is 13.0. The second-order valence-corrected chi connectivity index (χ2v) is 3.07. The highest BCUT2D eigenvalue weighted by Crippen LogP contribution is 2.26. The van der Waals surface area contributed by atoms with E-state index in [9.17, 15) is 4.39 Å². The van der Waals surface area contributed by atoms with Crippen molar-refractivity contribution in [2.45, 2.75) is 0 Å². The van der Waals surface area contributed by atoms with Crippen LogP contribution in [0.1, 0.15) is 0 Å². The van der Waals surface area contributed by atoms with Crippen molar-refractivity contribution in [1.82, 2.24) is 4.98 Å². The van der Waals surface area contributed by atoms with Crippen LogP contribution in [0, 0.1) is 5.82 Å². The van der Waals surface area contributed by atoms with Gasteiger partial charge in [-0.05, 0) is 17.5 Å². The predicted molar refractivity (Wildman–Crippen MR) is 51.1 cm³/mol. The minimum atomic E-state index is -0.444. The highest BCUT2D eigenvalue weighted by Gasteiger charge is 2.04. The molecule has 0 aliphatic carbocycles. The molecule has 66 valence electrons. The van der Waals surface area contributed by atoms with Gasteiger partial charge in [0.1, 0.15) is 11.6 Å². The zero-order chi connectivity index (χ0) is 9.42. The number of pyridine rings is 1. The monoisotopic (exact) mass is 196 g/mol. The Labute approximate surface area is 79.1 Å². The fraction of sp³-hybridized carbons (Fsp3) is 0. The van der Waals surface area contributed by atoms with Crippen LogP contribution in [0.2, 0.25) is 5.02 Å². The minimum Gasteiger partial charge on any atom is -0.384 e. The molecular formula is C9H6ClFN2. The van der Waals surface area contributed by atoms with Crippen molar-refractivity contribution in [3.63, 3.8) is 0 Å². The number of halogens is 2. The summed E-state index contributed by atoms with van der Waals surface area (Å²) in [5, 5.41) is 1.46. The lowest BCUT2D eigenvalue weighted by atomic mass is 10.2. The molecule has 4 heteroatoms. The van der Waals surface area contributed by atoms with E-state index in [0.29, 0.717) is 11.2 Å². The summed E-state index contributed by atoms with van der Waals surface area (Å²) in [5.74, 6) is -0.0455. The highest BCUT2D eigenvalue weighted by atomic mass is 35.5. The Kier molecular flexibility index (Phi) is 1.81. The summed E-state index contributed by atoms with van der Waals surface area (Å²) in [4.78, 5) is 3.84. The smallest absolute Gasteiger partial charge is 0.142 e. The SMILES string of the molecule is Nc1cc2ccc(F)c(Cl)c2cn1. The van der Waals surface area contributed by atoms with E-state index in [1.165, 1.54) is 12.3 Å². The Morgan fingerprint density at radius 3 is 2.92 bits per heavy atom. The standard InChI is InChI=1S/C9H6ClFN2/c10-9-6-4-13-8(12)3-5(6)1-2-7(9)11/h1-4H,(H2,12,13). The summed E-state index contributed by atoms with van der Waals surface area (Å²) in [5.41, 5.74) is 5.46. The van der Waals surface area contributed by atoms with Crippen molar-refractivity contribution in [3.05, 3.63) is 35.2 Å². The minimum absolute atomic E-state index is 0.0880. The number of hydrogen-bond donors (Lipinski definition) is 1. The van der Waals surface area contributed by atoms with E-state index in [0.717, 1.165) is 5.39 Å². The number of benzene rings is 1. The Balaban J connectivity index is 2.87. The van der Waals surface area contributed by atoms with E-state index in [1.807, 2.05) is 0 Å². The van der Waals surface area contributed by atoms with Gasteiger partial charge in [0.25, 0.3) is 0 Å². The van der Waals surface area contributed by atoms with Crippen LogP contribution in [-0.4, -0.2) is 4.98 Å². The molecule has 0 saturated heterocycles. The predicted octanol–water partition coefficient (Wildman–Crippen LogP) is 2.61. The Morgan fingerprint density at radius 2 is 2.15 bits per heavy atom. The lowest BCUT2D eigenvalue weighted by molar-refractivity contribution is 0.630. The number of nitrogen functional groups attached to an aromatic ring is 1. The average molecular weight is 197 g/mol. The third kappa shape index (κ3) is 1.31. The second kappa shape index (κ2) is 2.85. The fourth-order valence-corrected chi connectivity index (χ4v) is 1.39. The first-order chi connectivity index (χ1) is 6.18. The van der Waals surface area contributed by atoms with Crippen molar-refractivity contribution in [2.24, 2.45) is 0 Å². The van der Waals surface area contributed by atoms with Crippen molar-refractivity contribution in [1.29, 1.82) is 0 Å². The molecule has 2 rings (SSSR count). The van der Waals surface area contributed by atoms with Crippen LogP contribution in [-0.2, 0) is 0 Å². The van der Waals surface area contributed by atoms with E-state index >= 15 is 0 Å². The molecule has 2 aromatic rings. The number of nitrogens with two attached hydrogens (primary N) is 1. The third-order valence-electron chi connectivity index (χ3n) is 1.81. The van der Waals surface area contributed by atoms with Gasteiger partial charge in [-0.2, -0.15) is 0 Å². The summed E-state index contributed by atoms with van der Waals surface area (Å²) in [6, 6.07) is 4.58. The van der Waals surface area contributed by atoms with Gasteiger partial charge in [-0.25, -0.2) is 9.37 Å². The molecule has 0 saturated carbocycles. The first-order valence-electron chi connectivity index (χ1n) is 3.68.